The van der Waals surface area contributed by atoms with E-state index in [0.29, 0.717) is 6.61 Å². The molecule has 0 unspecified atom stereocenters. The van der Waals surface area contributed by atoms with Crippen LogP contribution in [-0.2, 0) is 0 Å². The molecule has 1 N–H and O–H groups in total. The number of rotatable bonds is 3. The lowest BCUT2D eigenvalue weighted by Crippen LogP contribution is -2.08. The molecule has 0 bridgehead atoms. The van der Waals surface area contributed by atoms with Gasteiger partial charge in [-0.15, -0.1) is 0 Å². The number of hydrogen-bond acceptors (Lipinski definition) is 2. The van der Waals surface area contributed by atoms with E-state index in [2.05, 4.69) is 30.3 Å². The van der Waals surface area contributed by atoms with Crippen molar-refractivity contribution in [1.29, 1.82) is 0 Å². The van der Waals surface area contributed by atoms with Crippen molar-refractivity contribution in [3.05, 3.63) is 71.3 Å². The van der Waals surface area contributed by atoms with Crippen LogP contribution in [0.4, 0.5) is 0 Å². The van der Waals surface area contributed by atoms with Gasteiger partial charge in [0.05, 0.1) is 6.61 Å². The van der Waals surface area contributed by atoms with Crippen molar-refractivity contribution in [2.45, 2.75) is 6.92 Å². The Morgan fingerprint density at radius 3 is 2.71 bits per heavy atom. The van der Waals surface area contributed by atoms with Crippen LogP contribution in [0.3, 0.4) is 0 Å². The largest absolute Gasteiger partial charge is 0.488 e. The Morgan fingerprint density at radius 1 is 1.14 bits per heavy atom. The standard InChI is InChI=1S/C19H18O2/c1-14(9-10-20)18-12-17-11-16(7-8-19(17)21-13-18)15-5-3-2-4-6-15/h2-9,11-12,20H,10,13H2,1H3/b14-9-. The molecule has 0 fully saturated rings. The number of aliphatic hydroxyl groups excluding tert-OH is 1. The van der Waals surface area contributed by atoms with Gasteiger partial charge in [0, 0.05) is 5.56 Å². The fraction of sp³-hybridized carbons (Fsp3) is 0.158. The van der Waals surface area contributed by atoms with E-state index in [1.165, 1.54) is 11.1 Å². The highest BCUT2D eigenvalue weighted by atomic mass is 16.5. The third kappa shape index (κ3) is 2.91. The number of hydrogen-bond donors (Lipinski definition) is 1. The third-order valence-corrected chi connectivity index (χ3v) is 3.73. The molecule has 1 heterocycles. The van der Waals surface area contributed by atoms with Crippen LogP contribution in [0, 0.1) is 0 Å². The normalized spacial score (nSPS) is 14.2. The maximum absolute atomic E-state index is 9.01. The quantitative estimate of drug-likeness (QED) is 0.917. The molecule has 2 heteroatoms. The maximum Gasteiger partial charge on any atom is 0.127 e. The summed E-state index contributed by atoms with van der Waals surface area (Å²) in [5.74, 6) is 0.912. The van der Waals surface area contributed by atoms with Gasteiger partial charge in [0.1, 0.15) is 12.4 Å². The van der Waals surface area contributed by atoms with Crippen molar-refractivity contribution in [1.82, 2.24) is 0 Å². The van der Waals surface area contributed by atoms with Gasteiger partial charge in [0.25, 0.3) is 0 Å². The van der Waals surface area contributed by atoms with Gasteiger partial charge in [-0.2, -0.15) is 0 Å². The number of fused-ring (bicyclic) bond motifs is 1. The monoisotopic (exact) mass is 278 g/mol. The van der Waals surface area contributed by atoms with Crippen LogP contribution in [0.1, 0.15) is 12.5 Å². The van der Waals surface area contributed by atoms with E-state index >= 15 is 0 Å². The first-order valence-corrected chi connectivity index (χ1v) is 7.09. The molecule has 1 aliphatic rings. The minimum absolute atomic E-state index is 0.0556. The van der Waals surface area contributed by atoms with Crippen LogP contribution in [0.2, 0.25) is 0 Å². The van der Waals surface area contributed by atoms with Gasteiger partial charge in [-0.1, -0.05) is 42.5 Å². The van der Waals surface area contributed by atoms with Crippen LogP contribution in [0.25, 0.3) is 17.2 Å². The molecule has 1 aliphatic heterocycles. The summed E-state index contributed by atoms with van der Waals surface area (Å²) in [5, 5.41) is 9.01. The van der Waals surface area contributed by atoms with Crippen molar-refractivity contribution >= 4 is 6.08 Å². The van der Waals surface area contributed by atoms with E-state index < -0.39 is 0 Å². The SMILES string of the molecule is C/C(=C/CO)C1=Cc2cc(-c3ccccc3)ccc2OC1. The van der Waals surface area contributed by atoms with E-state index in [4.69, 9.17) is 9.84 Å². The summed E-state index contributed by atoms with van der Waals surface area (Å²) in [6, 6.07) is 16.6. The lowest BCUT2D eigenvalue weighted by atomic mass is 9.98. The van der Waals surface area contributed by atoms with E-state index in [1.54, 1.807) is 6.08 Å². The molecule has 0 saturated carbocycles. The zero-order valence-electron chi connectivity index (χ0n) is 12.0. The lowest BCUT2D eigenvalue weighted by Gasteiger charge is -2.19. The van der Waals surface area contributed by atoms with Crippen molar-refractivity contribution in [2.75, 3.05) is 13.2 Å². The molecule has 0 amide bonds. The molecular formula is C19H18O2. The minimum Gasteiger partial charge on any atom is -0.488 e. The van der Waals surface area contributed by atoms with Crippen LogP contribution < -0.4 is 4.74 Å². The predicted molar refractivity (Wildman–Crippen MR) is 86.2 cm³/mol. The molecule has 0 atom stereocenters. The highest BCUT2D eigenvalue weighted by Crippen LogP contribution is 2.32. The number of ether oxygens (including phenoxy) is 1. The van der Waals surface area contributed by atoms with Gasteiger partial charge >= 0.3 is 0 Å². The summed E-state index contributed by atoms with van der Waals surface area (Å²) in [6.07, 6.45) is 3.95. The summed E-state index contributed by atoms with van der Waals surface area (Å²) in [5.41, 5.74) is 5.64. The molecule has 2 nitrogen and oxygen atoms in total. The second kappa shape index (κ2) is 5.98. The Hall–Kier alpha value is -2.32. The predicted octanol–water partition coefficient (Wildman–Crippen LogP) is 4.07. The van der Waals surface area contributed by atoms with Gasteiger partial charge in [0.15, 0.2) is 0 Å². The fourth-order valence-corrected chi connectivity index (χ4v) is 2.48. The zero-order chi connectivity index (χ0) is 14.7. The van der Waals surface area contributed by atoms with Gasteiger partial charge < -0.3 is 9.84 Å². The van der Waals surface area contributed by atoms with Crippen LogP contribution in [0.5, 0.6) is 5.75 Å². The van der Waals surface area contributed by atoms with Gasteiger partial charge in [-0.3, -0.25) is 0 Å². The average molecular weight is 278 g/mol. The van der Waals surface area contributed by atoms with Gasteiger partial charge in [-0.25, -0.2) is 0 Å². The van der Waals surface area contributed by atoms with Gasteiger partial charge in [-0.05, 0) is 47.4 Å². The lowest BCUT2D eigenvalue weighted by molar-refractivity contribution is 0.339. The molecule has 2 aromatic rings. The van der Waals surface area contributed by atoms with Crippen LogP contribution in [-0.4, -0.2) is 18.3 Å². The molecule has 106 valence electrons. The Kier molecular flexibility index (Phi) is 3.89. The highest BCUT2D eigenvalue weighted by molar-refractivity contribution is 5.73. The van der Waals surface area contributed by atoms with Crippen molar-refractivity contribution < 1.29 is 9.84 Å². The molecule has 0 radical (unpaired) electrons. The van der Waals surface area contributed by atoms with E-state index in [9.17, 15) is 0 Å². The average Bonchev–Trinajstić information content (AvgIpc) is 2.55. The Balaban J connectivity index is 2.00. The molecule has 0 aliphatic carbocycles. The molecule has 2 aromatic carbocycles. The Labute approximate surface area is 125 Å². The summed E-state index contributed by atoms with van der Waals surface area (Å²) < 4.78 is 5.80. The smallest absolute Gasteiger partial charge is 0.127 e. The summed E-state index contributed by atoms with van der Waals surface area (Å²) in [6.45, 7) is 2.61. The minimum atomic E-state index is 0.0556. The zero-order valence-corrected chi connectivity index (χ0v) is 12.0. The second-order valence-electron chi connectivity index (χ2n) is 5.15. The third-order valence-electron chi connectivity index (χ3n) is 3.73. The first kappa shape index (κ1) is 13.7. The van der Waals surface area contributed by atoms with Gasteiger partial charge in [0.2, 0.25) is 0 Å². The van der Waals surface area contributed by atoms with Crippen LogP contribution >= 0.6 is 0 Å². The van der Waals surface area contributed by atoms with Crippen molar-refractivity contribution in [3.8, 4) is 16.9 Å². The summed E-state index contributed by atoms with van der Waals surface area (Å²) in [4.78, 5) is 0. The van der Waals surface area contributed by atoms with Crippen LogP contribution in [0.15, 0.2) is 65.8 Å². The maximum atomic E-state index is 9.01. The first-order chi connectivity index (χ1) is 10.3. The van der Waals surface area contributed by atoms with E-state index in [1.807, 2.05) is 31.2 Å². The molecule has 0 saturated heterocycles. The van der Waals surface area contributed by atoms with Crippen molar-refractivity contribution in [2.24, 2.45) is 0 Å². The summed E-state index contributed by atoms with van der Waals surface area (Å²) in [7, 11) is 0. The molecule has 0 spiro atoms. The molecular weight excluding hydrogens is 260 g/mol. The molecule has 0 aromatic heterocycles. The summed E-state index contributed by atoms with van der Waals surface area (Å²) >= 11 is 0. The highest BCUT2D eigenvalue weighted by Gasteiger charge is 2.13. The Morgan fingerprint density at radius 2 is 1.95 bits per heavy atom. The molecule has 21 heavy (non-hydrogen) atoms. The van der Waals surface area contributed by atoms with E-state index in [-0.39, 0.29) is 6.61 Å². The number of benzene rings is 2. The Bertz CT molecular complexity index is 697. The molecule has 3 rings (SSSR count). The van der Waals surface area contributed by atoms with E-state index in [0.717, 1.165) is 22.5 Å². The fourth-order valence-electron chi connectivity index (χ4n) is 2.48. The van der Waals surface area contributed by atoms with Crippen molar-refractivity contribution in [3.63, 3.8) is 0 Å². The number of aliphatic hydroxyl groups is 1. The second-order valence-corrected chi connectivity index (χ2v) is 5.15. The first-order valence-electron chi connectivity index (χ1n) is 7.09. The topological polar surface area (TPSA) is 29.5 Å².